The molecule has 2 heterocycles. The summed E-state index contributed by atoms with van der Waals surface area (Å²) in [5, 5.41) is 6.97. The van der Waals surface area contributed by atoms with E-state index in [0.29, 0.717) is 18.7 Å². The topological polar surface area (TPSA) is 67.2 Å². The minimum atomic E-state index is -0.178. The summed E-state index contributed by atoms with van der Waals surface area (Å²) < 4.78 is 1.72. The molecule has 1 aliphatic heterocycles. The van der Waals surface area contributed by atoms with Crippen LogP contribution in [0.15, 0.2) is 42.7 Å². The van der Waals surface area contributed by atoms with Gasteiger partial charge in [-0.25, -0.2) is 4.68 Å². The number of hydrogen-bond donors (Lipinski definition) is 1. The zero-order valence-electron chi connectivity index (χ0n) is 11.5. The molecule has 0 saturated carbocycles. The molecule has 21 heavy (non-hydrogen) atoms. The maximum Gasteiger partial charge on any atom is 0.243 e. The molecular formula is C15H16N4O2. The van der Waals surface area contributed by atoms with Crippen LogP contribution in [0.4, 0.5) is 5.69 Å². The van der Waals surface area contributed by atoms with Crippen molar-refractivity contribution in [2.24, 2.45) is 0 Å². The minimum Gasteiger partial charge on any atom is -0.333 e. The predicted octanol–water partition coefficient (Wildman–Crippen LogP) is 1.43. The van der Waals surface area contributed by atoms with E-state index in [0.717, 1.165) is 12.1 Å². The van der Waals surface area contributed by atoms with Crippen molar-refractivity contribution < 1.29 is 9.59 Å². The number of likely N-dealkylation sites (tertiary alicyclic amines) is 1. The van der Waals surface area contributed by atoms with Gasteiger partial charge in [0, 0.05) is 31.0 Å². The van der Waals surface area contributed by atoms with Crippen LogP contribution in [0.1, 0.15) is 12.8 Å². The molecule has 3 rings (SSSR count). The van der Waals surface area contributed by atoms with Gasteiger partial charge in [-0.05, 0) is 30.7 Å². The molecule has 1 saturated heterocycles. The van der Waals surface area contributed by atoms with Gasteiger partial charge in [0.05, 0.1) is 12.2 Å². The van der Waals surface area contributed by atoms with Gasteiger partial charge in [-0.2, -0.15) is 5.10 Å². The minimum absolute atomic E-state index is 0.0513. The van der Waals surface area contributed by atoms with E-state index in [9.17, 15) is 9.59 Å². The van der Waals surface area contributed by atoms with E-state index in [1.54, 1.807) is 15.8 Å². The van der Waals surface area contributed by atoms with Gasteiger partial charge < -0.3 is 10.2 Å². The number of carbonyl (C=O) groups is 2. The summed E-state index contributed by atoms with van der Waals surface area (Å²) in [5.74, 6) is -0.127. The second-order valence-corrected chi connectivity index (χ2v) is 4.97. The molecule has 6 heteroatoms. The number of amides is 2. The van der Waals surface area contributed by atoms with Crippen molar-refractivity contribution in [1.29, 1.82) is 0 Å². The number of nitrogens with zero attached hydrogens (tertiary/aromatic N) is 3. The van der Waals surface area contributed by atoms with Crippen LogP contribution in [0.3, 0.4) is 0 Å². The zero-order valence-corrected chi connectivity index (χ0v) is 11.5. The monoisotopic (exact) mass is 284 g/mol. The molecule has 0 radical (unpaired) electrons. The van der Waals surface area contributed by atoms with Gasteiger partial charge in [0.1, 0.15) is 0 Å². The quantitative estimate of drug-likeness (QED) is 0.923. The molecule has 2 aromatic rings. The first-order chi connectivity index (χ1) is 10.2. The molecule has 0 atom stereocenters. The number of aromatic nitrogens is 2. The van der Waals surface area contributed by atoms with E-state index < -0.39 is 0 Å². The average molecular weight is 284 g/mol. The molecule has 1 fully saturated rings. The Bertz CT molecular complexity index is 651. The van der Waals surface area contributed by atoms with E-state index in [2.05, 4.69) is 10.4 Å². The summed E-state index contributed by atoms with van der Waals surface area (Å²) in [6, 6.07) is 9.26. The Kier molecular flexibility index (Phi) is 3.68. The Hall–Kier alpha value is -2.63. The highest BCUT2D eigenvalue weighted by atomic mass is 16.2. The summed E-state index contributed by atoms with van der Waals surface area (Å²) in [5.41, 5.74) is 1.56. The maximum absolute atomic E-state index is 12.0. The fraction of sp³-hybridized carbons (Fsp3) is 0.267. The summed E-state index contributed by atoms with van der Waals surface area (Å²) >= 11 is 0. The van der Waals surface area contributed by atoms with Gasteiger partial charge in [0.15, 0.2) is 0 Å². The van der Waals surface area contributed by atoms with Gasteiger partial charge in [-0.1, -0.05) is 6.07 Å². The van der Waals surface area contributed by atoms with Crippen LogP contribution in [0.2, 0.25) is 0 Å². The normalized spacial score (nSPS) is 14.5. The van der Waals surface area contributed by atoms with Crippen molar-refractivity contribution in [3.63, 3.8) is 0 Å². The molecule has 0 aliphatic carbocycles. The lowest BCUT2D eigenvalue weighted by atomic mass is 10.2. The first kappa shape index (κ1) is 13.4. The molecule has 1 aliphatic rings. The number of carbonyl (C=O) groups excluding carboxylic acids is 2. The van der Waals surface area contributed by atoms with Crippen molar-refractivity contribution in [3.05, 3.63) is 42.7 Å². The van der Waals surface area contributed by atoms with Crippen molar-refractivity contribution in [1.82, 2.24) is 14.7 Å². The van der Waals surface area contributed by atoms with E-state index in [1.807, 2.05) is 36.5 Å². The van der Waals surface area contributed by atoms with Crippen LogP contribution < -0.4 is 5.32 Å². The number of anilines is 1. The number of nitrogens with one attached hydrogen (secondary N) is 1. The standard InChI is InChI=1S/C15H16N4O2/c20-14(11-18-8-2-6-15(18)21)17-12-4-1-5-13(10-12)19-9-3-7-16-19/h1,3-5,7,9-10H,2,6,8,11H2,(H,17,20). The molecule has 1 aromatic carbocycles. The molecular weight excluding hydrogens is 268 g/mol. The Morgan fingerprint density at radius 1 is 1.33 bits per heavy atom. The highest BCUT2D eigenvalue weighted by Crippen LogP contribution is 2.14. The third-order valence-electron chi connectivity index (χ3n) is 3.40. The molecule has 1 N–H and O–H groups in total. The van der Waals surface area contributed by atoms with Crippen LogP contribution in [-0.4, -0.2) is 39.6 Å². The average Bonchev–Trinajstić information content (AvgIpc) is 3.12. The fourth-order valence-electron chi connectivity index (χ4n) is 2.39. The van der Waals surface area contributed by atoms with Gasteiger partial charge in [0.25, 0.3) is 0 Å². The third kappa shape index (κ3) is 3.10. The van der Waals surface area contributed by atoms with Crippen molar-refractivity contribution >= 4 is 17.5 Å². The van der Waals surface area contributed by atoms with Crippen molar-refractivity contribution in [2.45, 2.75) is 12.8 Å². The largest absolute Gasteiger partial charge is 0.333 e. The molecule has 0 bridgehead atoms. The Labute approximate surface area is 122 Å². The molecule has 108 valence electrons. The van der Waals surface area contributed by atoms with Crippen LogP contribution in [0, 0.1) is 0 Å². The van der Waals surface area contributed by atoms with E-state index in [1.165, 1.54) is 0 Å². The van der Waals surface area contributed by atoms with Gasteiger partial charge >= 0.3 is 0 Å². The SMILES string of the molecule is O=C(CN1CCCC1=O)Nc1cccc(-n2cccn2)c1. The van der Waals surface area contributed by atoms with E-state index in [4.69, 9.17) is 0 Å². The maximum atomic E-state index is 12.0. The first-order valence-electron chi connectivity index (χ1n) is 6.90. The summed E-state index contributed by atoms with van der Waals surface area (Å²) in [6.45, 7) is 0.782. The molecule has 0 spiro atoms. The van der Waals surface area contributed by atoms with Crippen LogP contribution in [0.5, 0.6) is 0 Å². The summed E-state index contributed by atoms with van der Waals surface area (Å²) in [7, 11) is 0. The highest BCUT2D eigenvalue weighted by Gasteiger charge is 2.22. The second kappa shape index (κ2) is 5.78. The third-order valence-corrected chi connectivity index (χ3v) is 3.40. The summed E-state index contributed by atoms with van der Waals surface area (Å²) in [4.78, 5) is 25.1. The Morgan fingerprint density at radius 3 is 2.95 bits per heavy atom. The lowest BCUT2D eigenvalue weighted by Gasteiger charge is -2.15. The molecule has 2 amide bonds. The smallest absolute Gasteiger partial charge is 0.243 e. The Balaban J connectivity index is 1.66. The van der Waals surface area contributed by atoms with Crippen molar-refractivity contribution in [3.8, 4) is 5.69 Å². The van der Waals surface area contributed by atoms with Gasteiger partial charge in [-0.3, -0.25) is 9.59 Å². The highest BCUT2D eigenvalue weighted by molar-refractivity contribution is 5.95. The van der Waals surface area contributed by atoms with Crippen LogP contribution in [-0.2, 0) is 9.59 Å². The first-order valence-corrected chi connectivity index (χ1v) is 6.90. The van der Waals surface area contributed by atoms with Crippen LogP contribution >= 0.6 is 0 Å². The molecule has 1 aromatic heterocycles. The van der Waals surface area contributed by atoms with Gasteiger partial charge in [-0.15, -0.1) is 0 Å². The molecule has 0 unspecified atom stereocenters. The lowest BCUT2D eigenvalue weighted by Crippen LogP contribution is -2.33. The molecule has 6 nitrogen and oxygen atoms in total. The van der Waals surface area contributed by atoms with Gasteiger partial charge in [0.2, 0.25) is 11.8 Å². The van der Waals surface area contributed by atoms with Crippen LogP contribution in [0.25, 0.3) is 5.69 Å². The number of hydrogen-bond acceptors (Lipinski definition) is 3. The predicted molar refractivity (Wildman–Crippen MR) is 78.0 cm³/mol. The fourth-order valence-corrected chi connectivity index (χ4v) is 2.39. The lowest BCUT2D eigenvalue weighted by molar-refractivity contribution is -0.131. The summed E-state index contributed by atoms with van der Waals surface area (Å²) in [6.07, 6.45) is 4.91. The van der Waals surface area contributed by atoms with E-state index >= 15 is 0 Å². The Morgan fingerprint density at radius 2 is 2.24 bits per heavy atom. The zero-order chi connectivity index (χ0) is 14.7. The number of benzene rings is 1. The van der Waals surface area contributed by atoms with Crippen molar-refractivity contribution in [2.75, 3.05) is 18.4 Å². The van der Waals surface area contributed by atoms with E-state index in [-0.39, 0.29) is 18.4 Å². The second-order valence-electron chi connectivity index (χ2n) is 4.97. The number of rotatable bonds is 4.